The zero-order valence-electron chi connectivity index (χ0n) is 11.3. The number of halogens is 1. The van der Waals surface area contributed by atoms with Gasteiger partial charge in [0.05, 0.1) is 13.2 Å². The van der Waals surface area contributed by atoms with Crippen molar-refractivity contribution in [1.29, 1.82) is 0 Å². The molecule has 0 aliphatic carbocycles. The lowest BCUT2D eigenvalue weighted by molar-refractivity contribution is 0.0691. The molecule has 0 spiro atoms. The van der Waals surface area contributed by atoms with Crippen molar-refractivity contribution >= 4 is 5.97 Å². The SMILES string of the molecule is O=C(O)c1cc(F)ccc1OCCCOc1ccccc1. The zero-order chi connectivity index (χ0) is 15.1. The van der Waals surface area contributed by atoms with Crippen LogP contribution in [0.1, 0.15) is 16.8 Å². The van der Waals surface area contributed by atoms with E-state index in [0.29, 0.717) is 19.6 Å². The third-order valence-corrected chi connectivity index (χ3v) is 2.73. The van der Waals surface area contributed by atoms with Gasteiger partial charge in [-0.2, -0.15) is 0 Å². The third kappa shape index (κ3) is 4.49. The molecule has 0 aliphatic heterocycles. The molecule has 0 radical (unpaired) electrons. The Morgan fingerprint density at radius 3 is 2.48 bits per heavy atom. The van der Waals surface area contributed by atoms with Gasteiger partial charge in [-0.15, -0.1) is 0 Å². The van der Waals surface area contributed by atoms with Gasteiger partial charge in [-0.05, 0) is 30.3 Å². The number of hydrogen-bond donors (Lipinski definition) is 1. The highest BCUT2D eigenvalue weighted by molar-refractivity contribution is 5.90. The summed E-state index contributed by atoms with van der Waals surface area (Å²) < 4.78 is 23.8. The molecule has 4 nitrogen and oxygen atoms in total. The Morgan fingerprint density at radius 2 is 1.76 bits per heavy atom. The molecule has 0 aromatic heterocycles. The fourth-order valence-corrected chi connectivity index (χ4v) is 1.74. The standard InChI is InChI=1S/C16H15FO4/c17-12-7-8-15(14(11-12)16(18)19)21-10-4-9-20-13-5-2-1-3-6-13/h1-3,5-8,11H,4,9-10H2,(H,18,19). The van der Waals surface area contributed by atoms with E-state index in [9.17, 15) is 9.18 Å². The van der Waals surface area contributed by atoms with Crippen molar-refractivity contribution in [3.8, 4) is 11.5 Å². The van der Waals surface area contributed by atoms with Crippen LogP contribution in [0.2, 0.25) is 0 Å². The van der Waals surface area contributed by atoms with Crippen molar-refractivity contribution in [2.45, 2.75) is 6.42 Å². The van der Waals surface area contributed by atoms with Gasteiger partial charge in [0.1, 0.15) is 22.9 Å². The molecule has 0 amide bonds. The quantitative estimate of drug-likeness (QED) is 0.794. The molecule has 0 unspecified atom stereocenters. The highest BCUT2D eigenvalue weighted by atomic mass is 19.1. The van der Waals surface area contributed by atoms with Crippen molar-refractivity contribution in [1.82, 2.24) is 0 Å². The van der Waals surface area contributed by atoms with Gasteiger partial charge in [0.15, 0.2) is 0 Å². The summed E-state index contributed by atoms with van der Waals surface area (Å²) in [6.45, 7) is 0.742. The Hall–Kier alpha value is -2.56. The Bertz CT molecular complexity index is 598. The average Bonchev–Trinajstić information content (AvgIpc) is 2.49. The van der Waals surface area contributed by atoms with Crippen molar-refractivity contribution in [3.63, 3.8) is 0 Å². The highest BCUT2D eigenvalue weighted by Crippen LogP contribution is 2.20. The van der Waals surface area contributed by atoms with E-state index in [4.69, 9.17) is 14.6 Å². The van der Waals surface area contributed by atoms with E-state index in [2.05, 4.69) is 0 Å². The Morgan fingerprint density at radius 1 is 1.05 bits per heavy atom. The summed E-state index contributed by atoms with van der Waals surface area (Å²) in [5, 5.41) is 8.97. The molecule has 0 aliphatic rings. The number of ether oxygens (including phenoxy) is 2. The van der Waals surface area contributed by atoms with Crippen LogP contribution in [0, 0.1) is 5.82 Å². The molecule has 0 saturated carbocycles. The molecule has 2 aromatic rings. The zero-order valence-corrected chi connectivity index (χ0v) is 11.3. The fourth-order valence-electron chi connectivity index (χ4n) is 1.74. The van der Waals surface area contributed by atoms with Crippen molar-refractivity contribution in [2.24, 2.45) is 0 Å². The van der Waals surface area contributed by atoms with E-state index in [0.717, 1.165) is 11.8 Å². The largest absolute Gasteiger partial charge is 0.493 e. The first kappa shape index (κ1) is 14.8. The van der Waals surface area contributed by atoms with Crippen LogP contribution in [0.3, 0.4) is 0 Å². The minimum absolute atomic E-state index is 0.156. The van der Waals surface area contributed by atoms with Gasteiger partial charge in [-0.1, -0.05) is 18.2 Å². The first-order chi connectivity index (χ1) is 10.2. The Labute approximate surface area is 121 Å². The Balaban J connectivity index is 1.80. The minimum atomic E-state index is -1.22. The van der Waals surface area contributed by atoms with Crippen molar-refractivity contribution in [2.75, 3.05) is 13.2 Å². The summed E-state index contributed by atoms with van der Waals surface area (Å²) in [6.07, 6.45) is 0.589. The summed E-state index contributed by atoms with van der Waals surface area (Å²) in [4.78, 5) is 11.0. The maximum Gasteiger partial charge on any atom is 0.339 e. The molecule has 0 heterocycles. The summed E-state index contributed by atoms with van der Waals surface area (Å²) >= 11 is 0. The molecule has 0 bridgehead atoms. The van der Waals surface area contributed by atoms with Crippen LogP contribution in [-0.4, -0.2) is 24.3 Å². The number of hydrogen-bond acceptors (Lipinski definition) is 3. The monoisotopic (exact) mass is 290 g/mol. The maximum atomic E-state index is 13.0. The highest BCUT2D eigenvalue weighted by Gasteiger charge is 2.12. The van der Waals surface area contributed by atoms with Gasteiger partial charge in [0.25, 0.3) is 0 Å². The van der Waals surface area contributed by atoms with E-state index < -0.39 is 11.8 Å². The number of carboxylic acid groups (broad SMARTS) is 1. The first-order valence-electron chi connectivity index (χ1n) is 6.50. The van der Waals surface area contributed by atoms with Crippen LogP contribution in [-0.2, 0) is 0 Å². The van der Waals surface area contributed by atoms with Gasteiger partial charge in [0, 0.05) is 6.42 Å². The summed E-state index contributed by atoms with van der Waals surface area (Å²) in [6, 6.07) is 12.8. The van der Waals surface area contributed by atoms with Gasteiger partial charge >= 0.3 is 5.97 Å². The lowest BCUT2D eigenvalue weighted by Gasteiger charge is -2.10. The molecule has 21 heavy (non-hydrogen) atoms. The number of carbonyl (C=O) groups is 1. The van der Waals surface area contributed by atoms with Gasteiger partial charge < -0.3 is 14.6 Å². The fraction of sp³-hybridized carbons (Fsp3) is 0.188. The molecule has 5 heteroatoms. The number of benzene rings is 2. The molecule has 2 rings (SSSR count). The van der Waals surface area contributed by atoms with Crippen molar-refractivity contribution in [3.05, 3.63) is 59.9 Å². The second kappa shape index (κ2) is 7.28. The summed E-state index contributed by atoms with van der Waals surface area (Å²) in [5.41, 5.74) is -0.182. The number of carboxylic acids is 1. The molecule has 0 atom stereocenters. The smallest absolute Gasteiger partial charge is 0.339 e. The van der Waals surface area contributed by atoms with Gasteiger partial charge in [0.2, 0.25) is 0 Å². The minimum Gasteiger partial charge on any atom is -0.493 e. The molecular weight excluding hydrogens is 275 g/mol. The second-order valence-electron chi connectivity index (χ2n) is 4.31. The summed E-state index contributed by atoms with van der Waals surface area (Å²) in [5.74, 6) is -0.897. The molecule has 0 fully saturated rings. The van der Waals surface area contributed by atoms with Crippen LogP contribution in [0.25, 0.3) is 0 Å². The van der Waals surface area contributed by atoms with Gasteiger partial charge in [-0.25, -0.2) is 9.18 Å². The molecule has 110 valence electrons. The maximum absolute atomic E-state index is 13.0. The lowest BCUT2D eigenvalue weighted by atomic mass is 10.2. The third-order valence-electron chi connectivity index (χ3n) is 2.73. The van der Waals surface area contributed by atoms with Crippen LogP contribution in [0.4, 0.5) is 4.39 Å². The number of rotatable bonds is 7. The van der Waals surface area contributed by atoms with Crippen LogP contribution < -0.4 is 9.47 Å². The van der Waals surface area contributed by atoms with E-state index in [-0.39, 0.29) is 11.3 Å². The Kier molecular flexibility index (Phi) is 5.15. The topological polar surface area (TPSA) is 55.8 Å². The second-order valence-corrected chi connectivity index (χ2v) is 4.31. The van der Waals surface area contributed by atoms with E-state index in [1.165, 1.54) is 12.1 Å². The van der Waals surface area contributed by atoms with E-state index >= 15 is 0 Å². The number of aromatic carboxylic acids is 1. The normalized spacial score (nSPS) is 10.1. The van der Waals surface area contributed by atoms with Crippen LogP contribution >= 0.6 is 0 Å². The molecule has 2 aromatic carbocycles. The van der Waals surface area contributed by atoms with Gasteiger partial charge in [-0.3, -0.25) is 0 Å². The van der Waals surface area contributed by atoms with E-state index in [1.54, 1.807) is 0 Å². The molecule has 1 N–H and O–H groups in total. The van der Waals surface area contributed by atoms with E-state index in [1.807, 2.05) is 30.3 Å². The van der Waals surface area contributed by atoms with Crippen LogP contribution in [0.15, 0.2) is 48.5 Å². The van der Waals surface area contributed by atoms with Crippen LogP contribution in [0.5, 0.6) is 11.5 Å². The lowest BCUT2D eigenvalue weighted by Crippen LogP contribution is -2.08. The molecule has 0 saturated heterocycles. The molecular formula is C16H15FO4. The predicted octanol–water partition coefficient (Wildman–Crippen LogP) is 3.37. The van der Waals surface area contributed by atoms with Crippen molar-refractivity contribution < 1.29 is 23.8 Å². The predicted molar refractivity (Wildman–Crippen MR) is 75.4 cm³/mol. The number of para-hydroxylation sites is 1. The average molecular weight is 290 g/mol. The summed E-state index contributed by atoms with van der Waals surface area (Å²) in [7, 11) is 0. The first-order valence-corrected chi connectivity index (χ1v) is 6.50.